The van der Waals surface area contributed by atoms with E-state index in [4.69, 9.17) is 5.11 Å². The molecule has 0 spiro atoms. The lowest BCUT2D eigenvalue weighted by molar-refractivity contribution is -0.138. The van der Waals surface area contributed by atoms with E-state index in [1.54, 1.807) is 4.90 Å². The van der Waals surface area contributed by atoms with E-state index in [0.717, 1.165) is 0 Å². The predicted molar refractivity (Wildman–Crippen MR) is 67.8 cm³/mol. The number of aliphatic carboxylic acids is 1. The van der Waals surface area contributed by atoms with E-state index in [0.29, 0.717) is 19.3 Å². The lowest BCUT2D eigenvalue weighted by atomic mass is 9.87. The number of carbonyl (C=O) groups excluding carboxylic acids is 1. The summed E-state index contributed by atoms with van der Waals surface area (Å²) in [5.74, 6) is -0.702. The SMILES string of the molecule is CC(N(C)C(=O)CCCCC(=O)O)C(C)(C)C. The highest BCUT2D eigenvalue weighted by Gasteiger charge is 2.26. The molecule has 17 heavy (non-hydrogen) atoms. The molecular weight excluding hydrogens is 218 g/mol. The zero-order valence-electron chi connectivity index (χ0n) is 11.6. The van der Waals surface area contributed by atoms with Gasteiger partial charge in [-0.05, 0) is 25.2 Å². The van der Waals surface area contributed by atoms with Crippen molar-refractivity contribution in [2.45, 2.75) is 59.4 Å². The van der Waals surface area contributed by atoms with Crippen molar-refractivity contribution < 1.29 is 14.7 Å². The van der Waals surface area contributed by atoms with E-state index in [-0.39, 0.29) is 23.8 Å². The van der Waals surface area contributed by atoms with Crippen LogP contribution in [0.3, 0.4) is 0 Å². The molecule has 0 heterocycles. The molecule has 0 aromatic rings. The number of carboxylic acids is 1. The van der Waals surface area contributed by atoms with E-state index in [1.807, 2.05) is 14.0 Å². The molecule has 100 valence electrons. The van der Waals surface area contributed by atoms with Gasteiger partial charge in [0, 0.05) is 25.9 Å². The summed E-state index contributed by atoms with van der Waals surface area (Å²) < 4.78 is 0. The van der Waals surface area contributed by atoms with Gasteiger partial charge in [0.1, 0.15) is 0 Å². The number of rotatable bonds is 6. The van der Waals surface area contributed by atoms with E-state index in [9.17, 15) is 9.59 Å². The van der Waals surface area contributed by atoms with Crippen LogP contribution in [-0.4, -0.2) is 35.0 Å². The van der Waals surface area contributed by atoms with Crippen molar-refractivity contribution in [1.82, 2.24) is 4.90 Å². The zero-order chi connectivity index (χ0) is 13.6. The van der Waals surface area contributed by atoms with Crippen LogP contribution in [0.15, 0.2) is 0 Å². The van der Waals surface area contributed by atoms with Gasteiger partial charge in [0.05, 0.1) is 0 Å². The number of amides is 1. The number of hydrogen-bond donors (Lipinski definition) is 1. The Labute approximate surface area is 104 Å². The molecule has 1 atom stereocenters. The number of hydrogen-bond acceptors (Lipinski definition) is 2. The summed E-state index contributed by atoms with van der Waals surface area (Å²) in [4.78, 5) is 23.9. The first kappa shape index (κ1) is 15.9. The second-order valence-corrected chi connectivity index (χ2v) is 5.65. The zero-order valence-corrected chi connectivity index (χ0v) is 11.6. The average Bonchev–Trinajstić information content (AvgIpc) is 2.20. The maximum Gasteiger partial charge on any atom is 0.303 e. The van der Waals surface area contributed by atoms with Crippen molar-refractivity contribution in [2.24, 2.45) is 5.41 Å². The fourth-order valence-electron chi connectivity index (χ4n) is 1.53. The van der Waals surface area contributed by atoms with Crippen LogP contribution in [0.1, 0.15) is 53.4 Å². The van der Waals surface area contributed by atoms with Gasteiger partial charge < -0.3 is 10.0 Å². The lowest BCUT2D eigenvalue weighted by Gasteiger charge is -2.35. The third kappa shape index (κ3) is 6.29. The molecule has 0 aliphatic rings. The summed E-state index contributed by atoms with van der Waals surface area (Å²) >= 11 is 0. The molecule has 0 aliphatic carbocycles. The first-order valence-electron chi connectivity index (χ1n) is 6.13. The van der Waals surface area contributed by atoms with Gasteiger partial charge in [-0.1, -0.05) is 20.8 Å². The molecule has 0 fully saturated rings. The summed E-state index contributed by atoms with van der Waals surface area (Å²) in [5.41, 5.74) is 0.0610. The van der Waals surface area contributed by atoms with Crippen LogP contribution in [0.5, 0.6) is 0 Å². The maximum atomic E-state index is 11.9. The summed E-state index contributed by atoms with van der Waals surface area (Å²) in [6.07, 6.45) is 1.79. The van der Waals surface area contributed by atoms with Crippen LogP contribution in [0.2, 0.25) is 0 Å². The molecule has 0 aliphatic heterocycles. The van der Waals surface area contributed by atoms with Crippen molar-refractivity contribution >= 4 is 11.9 Å². The molecule has 4 heteroatoms. The van der Waals surface area contributed by atoms with Gasteiger partial charge in [0.15, 0.2) is 0 Å². The van der Waals surface area contributed by atoms with E-state index >= 15 is 0 Å². The molecule has 1 N–H and O–H groups in total. The second-order valence-electron chi connectivity index (χ2n) is 5.65. The molecule has 0 radical (unpaired) electrons. The number of nitrogens with zero attached hydrogens (tertiary/aromatic N) is 1. The monoisotopic (exact) mass is 243 g/mol. The molecule has 0 aromatic heterocycles. The third-order valence-corrected chi connectivity index (χ3v) is 3.26. The van der Waals surface area contributed by atoms with Crippen LogP contribution in [0.4, 0.5) is 0 Å². The Morgan fingerprint density at radius 3 is 2.06 bits per heavy atom. The van der Waals surface area contributed by atoms with Crippen molar-refractivity contribution in [2.75, 3.05) is 7.05 Å². The van der Waals surface area contributed by atoms with Gasteiger partial charge in [0.2, 0.25) is 5.91 Å². The molecular formula is C13H25NO3. The fraction of sp³-hybridized carbons (Fsp3) is 0.846. The molecule has 4 nitrogen and oxygen atoms in total. The molecule has 0 aromatic carbocycles. The summed E-state index contributed by atoms with van der Waals surface area (Å²) in [5, 5.41) is 8.49. The number of carbonyl (C=O) groups is 2. The van der Waals surface area contributed by atoms with E-state index < -0.39 is 5.97 Å². The Morgan fingerprint density at radius 2 is 1.65 bits per heavy atom. The van der Waals surface area contributed by atoms with Crippen LogP contribution in [0.25, 0.3) is 0 Å². The van der Waals surface area contributed by atoms with E-state index in [2.05, 4.69) is 20.8 Å². The Morgan fingerprint density at radius 1 is 1.18 bits per heavy atom. The van der Waals surface area contributed by atoms with Gasteiger partial charge in [-0.15, -0.1) is 0 Å². The Balaban J connectivity index is 4.02. The molecule has 0 saturated heterocycles. The minimum absolute atomic E-state index is 0.0610. The minimum atomic E-state index is -0.797. The Kier molecular flexibility index (Phi) is 6.21. The Bertz CT molecular complexity index is 268. The fourth-order valence-corrected chi connectivity index (χ4v) is 1.53. The number of carboxylic acid groups (broad SMARTS) is 1. The first-order valence-corrected chi connectivity index (χ1v) is 6.13. The summed E-state index contributed by atoms with van der Waals surface area (Å²) in [6, 6.07) is 0.175. The van der Waals surface area contributed by atoms with Crippen molar-refractivity contribution in [3.63, 3.8) is 0 Å². The maximum absolute atomic E-state index is 11.9. The van der Waals surface area contributed by atoms with Gasteiger partial charge in [-0.2, -0.15) is 0 Å². The first-order chi connectivity index (χ1) is 7.66. The smallest absolute Gasteiger partial charge is 0.303 e. The third-order valence-electron chi connectivity index (χ3n) is 3.26. The number of unbranched alkanes of at least 4 members (excludes halogenated alkanes) is 1. The Hall–Kier alpha value is -1.06. The second kappa shape index (κ2) is 6.62. The molecule has 0 rings (SSSR count). The van der Waals surface area contributed by atoms with Crippen molar-refractivity contribution in [1.29, 1.82) is 0 Å². The van der Waals surface area contributed by atoms with Crippen molar-refractivity contribution in [3.8, 4) is 0 Å². The molecule has 1 amide bonds. The van der Waals surface area contributed by atoms with Crippen LogP contribution in [0, 0.1) is 5.41 Å². The van der Waals surface area contributed by atoms with Crippen LogP contribution >= 0.6 is 0 Å². The molecule has 1 unspecified atom stereocenters. The lowest BCUT2D eigenvalue weighted by Crippen LogP contribution is -2.42. The highest BCUT2D eigenvalue weighted by Crippen LogP contribution is 2.23. The van der Waals surface area contributed by atoms with Gasteiger partial charge >= 0.3 is 5.97 Å². The minimum Gasteiger partial charge on any atom is -0.481 e. The summed E-state index contributed by atoms with van der Waals surface area (Å²) in [7, 11) is 1.81. The van der Waals surface area contributed by atoms with Crippen LogP contribution < -0.4 is 0 Å². The van der Waals surface area contributed by atoms with Crippen molar-refractivity contribution in [3.05, 3.63) is 0 Å². The standard InChI is InChI=1S/C13H25NO3/c1-10(13(2,3)4)14(5)11(15)8-6-7-9-12(16)17/h10H,6-9H2,1-5H3,(H,16,17). The van der Waals surface area contributed by atoms with E-state index in [1.165, 1.54) is 0 Å². The largest absolute Gasteiger partial charge is 0.481 e. The van der Waals surface area contributed by atoms with Gasteiger partial charge in [-0.25, -0.2) is 0 Å². The molecule has 0 bridgehead atoms. The normalized spacial score (nSPS) is 13.2. The van der Waals surface area contributed by atoms with Crippen LogP contribution in [-0.2, 0) is 9.59 Å². The van der Waals surface area contributed by atoms with Gasteiger partial charge in [0.25, 0.3) is 0 Å². The average molecular weight is 243 g/mol. The highest BCUT2D eigenvalue weighted by atomic mass is 16.4. The predicted octanol–water partition coefficient (Wildman–Crippen LogP) is 2.52. The highest BCUT2D eigenvalue weighted by molar-refractivity contribution is 5.76. The summed E-state index contributed by atoms with van der Waals surface area (Å²) in [6.45, 7) is 8.35. The quantitative estimate of drug-likeness (QED) is 0.729. The topological polar surface area (TPSA) is 57.6 Å². The van der Waals surface area contributed by atoms with Gasteiger partial charge in [-0.3, -0.25) is 9.59 Å². The molecule has 0 saturated carbocycles.